The summed E-state index contributed by atoms with van der Waals surface area (Å²) in [6.45, 7) is 1.73. The summed E-state index contributed by atoms with van der Waals surface area (Å²) in [5.41, 5.74) is 4.89. The van der Waals surface area contributed by atoms with Crippen molar-refractivity contribution in [3.05, 3.63) is 66.5 Å². The highest BCUT2D eigenvalue weighted by Gasteiger charge is 2.23. The first-order valence-corrected chi connectivity index (χ1v) is 10.1. The Balaban J connectivity index is 1.37. The Labute approximate surface area is 174 Å². The maximum absolute atomic E-state index is 9.30. The molecule has 3 aromatic heterocycles. The second kappa shape index (κ2) is 7.56. The number of aromatic nitrogens is 5. The van der Waals surface area contributed by atoms with Crippen LogP contribution in [0.1, 0.15) is 30.0 Å². The van der Waals surface area contributed by atoms with Crippen molar-refractivity contribution in [1.82, 2.24) is 24.7 Å². The van der Waals surface area contributed by atoms with Gasteiger partial charge in [-0.15, -0.1) is 0 Å². The van der Waals surface area contributed by atoms with Crippen LogP contribution < -0.4 is 4.90 Å². The normalized spacial score (nSPS) is 14.7. The van der Waals surface area contributed by atoms with Gasteiger partial charge in [0.05, 0.1) is 11.7 Å². The summed E-state index contributed by atoms with van der Waals surface area (Å²) in [5.74, 6) is 1.18. The van der Waals surface area contributed by atoms with Crippen LogP contribution in [-0.2, 0) is 7.05 Å². The lowest BCUT2D eigenvalue weighted by molar-refractivity contribution is 0.502. The molecule has 4 heterocycles. The van der Waals surface area contributed by atoms with Gasteiger partial charge in [-0.05, 0) is 42.5 Å². The fourth-order valence-electron chi connectivity index (χ4n) is 4.20. The number of hydrogen-bond donors (Lipinski definition) is 0. The van der Waals surface area contributed by atoms with Crippen molar-refractivity contribution in [2.45, 2.75) is 18.8 Å². The highest BCUT2D eigenvalue weighted by molar-refractivity contribution is 5.84. The van der Waals surface area contributed by atoms with Crippen molar-refractivity contribution in [3.8, 4) is 17.2 Å². The molecule has 0 unspecified atom stereocenters. The van der Waals surface area contributed by atoms with Gasteiger partial charge in [-0.3, -0.25) is 9.67 Å². The zero-order chi connectivity index (χ0) is 20.5. The monoisotopic (exact) mass is 395 g/mol. The Morgan fingerprint density at radius 3 is 2.60 bits per heavy atom. The Morgan fingerprint density at radius 1 is 1.00 bits per heavy atom. The minimum atomic E-state index is 0.399. The number of benzene rings is 1. The number of piperidine rings is 1. The first-order chi connectivity index (χ1) is 14.7. The Kier molecular flexibility index (Phi) is 4.60. The lowest BCUT2D eigenvalue weighted by Gasteiger charge is -2.33. The van der Waals surface area contributed by atoms with Crippen LogP contribution in [0.25, 0.3) is 22.0 Å². The Hall–Kier alpha value is -3.79. The predicted molar refractivity (Wildman–Crippen MR) is 115 cm³/mol. The quantitative estimate of drug-likeness (QED) is 0.526. The van der Waals surface area contributed by atoms with Crippen LogP contribution in [0.2, 0.25) is 0 Å². The van der Waals surface area contributed by atoms with Crippen molar-refractivity contribution in [1.29, 1.82) is 5.26 Å². The van der Waals surface area contributed by atoms with Crippen LogP contribution in [0.3, 0.4) is 0 Å². The van der Waals surface area contributed by atoms with Crippen LogP contribution in [0.15, 0.2) is 55.2 Å². The predicted octanol–water partition coefficient (Wildman–Crippen LogP) is 3.68. The number of pyridine rings is 1. The number of fused-ring (bicyclic) bond motifs is 1. The summed E-state index contributed by atoms with van der Waals surface area (Å²) in [6.07, 6.45) is 11.0. The smallest absolute Gasteiger partial charge is 0.183 e. The fraction of sp³-hybridized carbons (Fsp3) is 0.261. The third kappa shape index (κ3) is 3.37. The average Bonchev–Trinajstić information content (AvgIpc) is 3.24. The summed E-state index contributed by atoms with van der Waals surface area (Å²) < 4.78 is 1.80. The summed E-state index contributed by atoms with van der Waals surface area (Å²) in [5, 5.41) is 14.7. The van der Waals surface area contributed by atoms with E-state index in [9.17, 15) is 5.26 Å². The summed E-state index contributed by atoms with van der Waals surface area (Å²) in [4.78, 5) is 15.3. The lowest BCUT2D eigenvalue weighted by Crippen LogP contribution is -2.34. The molecule has 7 nitrogen and oxygen atoms in total. The SMILES string of the molecule is Cn1cc(-c2cnc3ccc(C4CCN(c5nccnc5C#N)CC4)cc3c2)cn1. The molecule has 1 fully saturated rings. The molecule has 0 bridgehead atoms. The van der Waals surface area contributed by atoms with Crippen LogP contribution in [0.5, 0.6) is 0 Å². The van der Waals surface area contributed by atoms with Crippen molar-refractivity contribution in [3.63, 3.8) is 0 Å². The molecule has 5 rings (SSSR count). The van der Waals surface area contributed by atoms with Gasteiger partial charge in [0.25, 0.3) is 0 Å². The van der Waals surface area contributed by atoms with Gasteiger partial charge in [0.15, 0.2) is 11.5 Å². The van der Waals surface area contributed by atoms with Gasteiger partial charge >= 0.3 is 0 Å². The van der Waals surface area contributed by atoms with E-state index in [4.69, 9.17) is 0 Å². The standard InChI is InChI=1S/C23H21N7/c1-29-15-20(14-28-29)19-11-18-10-17(2-3-21(18)27-13-19)16-4-8-30(9-5-16)23-22(12-24)25-6-7-26-23/h2-3,6-7,10-11,13-16H,4-5,8-9H2,1H3. The molecule has 148 valence electrons. The molecule has 4 aromatic rings. The summed E-state index contributed by atoms with van der Waals surface area (Å²) in [6, 6.07) is 10.9. The molecule has 1 aromatic carbocycles. The maximum Gasteiger partial charge on any atom is 0.183 e. The van der Waals surface area contributed by atoms with E-state index in [0.717, 1.165) is 48.0 Å². The highest BCUT2D eigenvalue weighted by atomic mass is 15.2. The van der Waals surface area contributed by atoms with Crippen molar-refractivity contribution < 1.29 is 0 Å². The molecule has 0 amide bonds. The number of rotatable bonds is 3. The minimum Gasteiger partial charge on any atom is -0.354 e. The van der Waals surface area contributed by atoms with E-state index >= 15 is 0 Å². The number of aryl methyl sites for hydroxylation is 1. The molecular weight excluding hydrogens is 374 g/mol. The largest absolute Gasteiger partial charge is 0.354 e. The third-order valence-electron chi connectivity index (χ3n) is 5.79. The van der Waals surface area contributed by atoms with Crippen LogP contribution in [0.4, 0.5) is 5.82 Å². The lowest BCUT2D eigenvalue weighted by atomic mass is 9.88. The zero-order valence-corrected chi connectivity index (χ0v) is 16.7. The summed E-state index contributed by atoms with van der Waals surface area (Å²) >= 11 is 0. The molecule has 1 aliphatic rings. The van der Waals surface area contributed by atoms with Crippen LogP contribution in [-0.4, -0.2) is 37.8 Å². The van der Waals surface area contributed by atoms with Gasteiger partial charge in [-0.1, -0.05) is 6.07 Å². The average molecular weight is 395 g/mol. The van der Waals surface area contributed by atoms with Crippen molar-refractivity contribution in [2.75, 3.05) is 18.0 Å². The van der Waals surface area contributed by atoms with Gasteiger partial charge in [-0.25, -0.2) is 9.97 Å². The van der Waals surface area contributed by atoms with E-state index < -0.39 is 0 Å². The van der Waals surface area contributed by atoms with E-state index in [-0.39, 0.29) is 0 Å². The van der Waals surface area contributed by atoms with Gasteiger partial charge in [-0.2, -0.15) is 10.4 Å². The number of anilines is 1. The van der Waals surface area contributed by atoms with Gasteiger partial charge in [0.2, 0.25) is 0 Å². The molecule has 0 spiro atoms. The first kappa shape index (κ1) is 18.3. The van der Waals surface area contributed by atoms with E-state index in [1.54, 1.807) is 17.1 Å². The summed E-state index contributed by atoms with van der Waals surface area (Å²) in [7, 11) is 1.92. The van der Waals surface area contributed by atoms with Crippen molar-refractivity contribution in [2.24, 2.45) is 7.05 Å². The molecule has 1 saturated heterocycles. The fourth-order valence-corrected chi connectivity index (χ4v) is 4.20. The molecule has 0 radical (unpaired) electrons. The minimum absolute atomic E-state index is 0.399. The molecule has 0 aliphatic carbocycles. The Morgan fingerprint density at radius 2 is 1.83 bits per heavy atom. The molecule has 0 saturated carbocycles. The van der Waals surface area contributed by atoms with E-state index in [0.29, 0.717) is 17.4 Å². The molecular formula is C23H21N7. The molecule has 30 heavy (non-hydrogen) atoms. The molecule has 7 heteroatoms. The first-order valence-electron chi connectivity index (χ1n) is 10.1. The second-order valence-electron chi connectivity index (χ2n) is 7.68. The number of nitrogens with zero attached hydrogens (tertiary/aromatic N) is 7. The van der Waals surface area contributed by atoms with E-state index in [1.165, 1.54) is 5.56 Å². The number of nitriles is 1. The molecule has 0 atom stereocenters. The van der Waals surface area contributed by atoms with E-state index in [2.05, 4.69) is 55.3 Å². The zero-order valence-electron chi connectivity index (χ0n) is 16.7. The maximum atomic E-state index is 9.30. The topological polar surface area (TPSA) is 83.5 Å². The van der Waals surface area contributed by atoms with Gasteiger partial charge < -0.3 is 4.90 Å². The van der Waals surface area contributed by atoms with E-state index in [1.807, 2.05) is 25.6 Å². The van der Waals surface area contributed by atoms with Gasteiger partial charge in [0.1, 0.15) is 6.07 Å². The molecule has 1 aliphatic heterocycles. The number of hydrogen-bond acceptors (Lipinski definition) is 6. The van der Waals surface area contributed by atoms with Gasteiger partial charge in [0, 0.05) is 61.4 Å². The van der Waals surface area contributed by atoms with Crippen LogP contribution >= 0.6 is 0 Å². The second-order valence-corrected chi connectivity index (χ2v) is 7.68. The van der Waals surface area contributed by atoms with Crippen molar-refractivity contribution >= 4 is 16.7 Å². The molecule has 0 N–H and O–H groups in total. The highest BCUT2D eigenvalue weighted by Crippen LogP contribution is 2.32. The Bertz CT molecular complexity index is 1250. The van der Waals surface area contributed by atoms with Crippen LogP contribution in [0, 0.1) is 11.3 Å². The third-order valence-corrected chi connectivity index (χ3v) is 5.79.